The molecule has 3 N–H and O–H groups in total. The molecule has 1 aliphatic carbocycles. The minimum Gasteiger partial charge on any atom is -0.310 e. The number of rotatable bonds is 4. The maximum atomic E-state index is 13.1. The van der Waals surface area contributed by atoms with Gasteiger partial charge in [-0.25, -0.2) is 5.43 Å². The van der Waals surface area contributed by atoms with Crippen LogP contribution < -0.4 is 16.2 Å². The predicted molar refractivity (Wildman–Crippen MR) is 89.2 cm³/mol. The molecule has 2 fully saturated rings. The smallest absolute Gasteiger partial charge is 0.310 e. The Morgan fingerprint density at radius 1 is 1.28 bits per heavy atom. The number of carbonyl (C=O) groups excluding carboxylic acids is 1. The summed E-state index contributed by atoms with van der Waals surface area (Å²) >= 11 is 6.13. The average Bonchev–Trinajstić information content (AvgIpc) is 3.06. The zero-order valence-electron chi connectivity index (χ0n) is 13.6. The fourth-order valence-electron chi connectivity index (χ4n) is 3.75. The predicted octanol–water partition coefficient (Wildman–Crippen LogP) is 2.72. The van der Waals surface area contributed by atoms with E-state index in [0.29, 0.717) is 18.7 Å². The van der Waals surface area contributed by atoms with Gasteiger partial charge in [0, 0.05) is 24.5 Å². The van der Waals surface area contributed by atoms with Crippen LogP contribution in [0.15, 0.2) is 24.3 Å². The van der Waals surface area contributed by atoms with Crippen molar-refractivity contribution in [3.8, 4) is 0 Å². The van der Waals surface area contributed by atoms with E-state index < -0.39 is 17.1 Å². The van der Waals surface area contributed by atoms with Gasteiger partial charge in [-0.2, -0.15) is 13.2 Å². The zero-order chi connectivity index (χ0) is 18.1. The zero-order valence-corrected chi connectivity index (χ0v) is 14.4. The highest BCUT2D eigenvalue weighted by atomic mass is 35.5. The van der Waals surface area contributed by atoms with Crippen LogP contribution >= 0.6 is 11.6 Å². The van der Waals surface area contributed by atoms with Gasteiger partial charge in [0.1, 0.15) is 5.38 Å². The second-order valence-electron chi connectivity index (χ2n) is 6.83. The molecule has 1 aromatic carbocycles. The van der Waals surface area contributed by atoms with E-state index >= 15 is 0 Å². The second-order valence-corrected chi connectivity index (χ2v) is 7.30. The van der Waals surface area contributed by atoms with E-state index in [1.807, 2.05) is 0 Å². The van der Waals surface area contributed by atoms with Gasteiger partial charge < -0.3 is 5.32 Å². The van der Waals surface area contributed by atoms with Crippen LogP contribution in [0.5, 0.6) is 0 Å². The second kappa shape index (κ2) is 7.13. The molecular weight excluding hydrogens is 355 g/mol. The van der Waals surface area contributed by atoms with Crippen LogP contribution in [0.4, 0.5) is 13.2 Å². The van der Waals surface area contributed by atoms with Gasteiger partial charge in [-0.1, -0.05) is 31.0 Å². The summed E-state index contributed by atoms with van der Waals surface area (Å²) in [4.78, 5) is 11.6. The molecule has 1 aromatic rings. The lowest BCUT2D eigenvalue weighted by molar-refractivity contribution is -0.137. The summed E-state index contributed by atoms with van der Waals surface area (Å²) in [6.07, 6.45) is -0.756. The monoisotopic (exact) mass is 375 g/mol. The van der Waals surface area contributed by atoms with Gasteiger partial charge in [0.15, 0.2) is 0 Å². The Balaban J connectivity index is 1.79. The Labute approximate surface area is 149 Å². The standard InChI is InChI=1S/C17H21ClF3N3O/c18-14-13(9-23-24-15(14)25)22-10-16(6-1-2-7-16)11-4-3-5-12(8-11)17(19,20)21/h3-5,8,13-14,22-23H,1-2,6-7,9-10H2,(H,24,25). The fourth-order valence-corrected chi connectivity index (χ4v) is 3.98. The van der Waals surface area contributed by atoms with Crippen molar-refractivity contribution >= 4 is 17.5 Å². The molecule has 1 amide bonds. The van der Waals surface area contributed by atoms with Crippen molar-refractivity contribution in [1.82, 2.24) is 16.2 Å². The summed E-state index contributed by atoms with van der Waals surface area (Å²) in [6, 6.07) is 5.34. The highest BCUT2D eigenvalue weighted by molar-refractivity contribution is 6.31. The normalized spacial score (nSPS) is 26.5. The first-order chi connectivity index (χ1) is 11.8. The van der Waals surface area contributed by atoms with Crippen LogP contribution in [0, 0.1) is 0 Å². The lowest BCUT2D eigenvalue weighted by Crippen LogP contribution is -2.62. The molecule has 4 nitrogen and oxygen atoms in total. The molecule has 0 radical (unpaired) electrons. The molecule has 8 heteroatoms. The van der Waals surface area contributed by atoms with E-state index in [-0.39, 0.29) is 17.4 Å². The minimum absolute atomic E-state index is 0.265. The Morgan fingerprint density at radius 3 is 2.68 bits per heavy atom. The lowest BCUT2D eigenvalue weighted by Gasteiger charge is -2.35. The quantitative estimate of drug-likeness (QED) is 0.709. The molecular formula is C17H21ClF3N3O. The van der Waals surface area contributed by atoms with E-state index in [1.54, 1.807) is 6.07 Å². The third kappa shape index (κ3) is 3.93. The number of nitrogens with one attached hydrogen (secondary N) is 3. The molecule has 1 saturated heterocycles. The lowest BCUT2D eigenvalue weighted by atomic mass is 9.78. The highest BCUT2D eigenvalue weighted by Gasteiger charge is 2.39. The first-order valence-electron chi connectivity index (χ1n) is 8.40. The van der Waals surface area contributed by atoms with Gasteiger partial charge in [-0.15, -0.1) is 11.6 Å². The van der Waals surface area contributed by atoms with Gasteiger partial charge in [-0.05, 0) is 24.5 Å². The minimum atomic E-state index is -4.35. The van der Waals surface area contributed by atoms with Gasteiger partial charge in [-0.3, -0.25) is 10.2 Å². The number of hydrazine groups is 1. The van der Waals surface area contributed by atoms with Crippen LogP contribution in [0.25, 0.3) is 0 Å². The summed E-state index contributed by atoms with van der Waals surface area (Å²) < 4.78 is 39.2. The maximum Gasteiger partial charge on any atom is 0.416 e. The summed E-state index contributed by atoms with van der Waals surface area (Å²) in [5.41, 5.74) is 4.97. The SMILES string of the molecule is O=C1NNCC(NCC2(c3cccc(C(F)(F)F)c3)CCCC2)C1Cl. The third-order valence-corrected chi connectivity index (χ3v) is 5.71. The Bertz CT molecular complexity index is 632. The first-order valence-corrected chi connectivity index (χ1v) is 8.83. The molecule has 0 spiro atoms. The number of halogens is 4. The Kier molecular flexibility index (Phi) is 5.27. The van der Waals surface area contributed by atoms with Gasteiger partial charge >= 0.3 is 6.18 Å². The van der Waals surface area contributed by atoms with Crippen molar-refractivity contribution in [3.05, 3.63) is 35.4 Å². The molecule has 138 valence electrons. The van der Waals surface area contributed by atoms with Crippen LogP contribution in [-0.2, 0) is 16.4 Å². The van der Waals surface area contributed by atoms with E-state index in [4.69, 9.17) is 11.6 Å². The maximum absolute atomic E-state index is 13.1. The van der Waals surface area contributed by atoms with Crippen molar-refractivity contribution < 1.29 is 18.0 Å². The molecule has 1 saturated carbocycles. The van der Waals surface area contributed by atoms with Crippen molar-refractivity contribution in [2.45, 2.75) is 48.7 Å². The van der Waals surface area contributed by atoms with E-state index in [0.717, 1.165) is 31.7 Å². The molecule has 0 aromatic heterocycles. The fraction of sp³-hybridized carbons (Fsp3) is 0.588. The molecule has 2 unspecified atom stereocenters. The Morgan fingerprint density at radius 2 is 2.00 bits per heavy atom. The van der Waals surface area contributed by atoms with Crippen LogP contribution in [0.2, 0.25) is 0 Å². The molecule has 1 aliphatic heterocycles. The van der Waals surface area contributed by atoms with Crippen molar-refractivity contribution in [2.24, 2.45) is 0 Å². The topological polar surface area (TPSA) is 53.2 Å². The molecule has 2 atom stereocenters. The van der Waals surface area contributed by atoms with E-state index in [1.165, 1.54) is 12.1 Å². The number of carbonyl (C=O) groups is 1. The molecule has 0 bridgehead atoms. The summed E-state index contributed by atoms with van der Waals surface area (Å²) in [5, 5.41) is 2.60. The number of benzene rings is 1. The largest absolute Gasteiger partial charge is 0.416 e. The summed E-state index contributed by atoms with van der Waals surface area (Å²) in [6.45, 7) is 0.968. The number of alkyl halides is 4. The number of hydrogen-bond acceptors (Lipinski definition) is 3. The highest BCUT2D eigenvalue weighted by Crippen LogP contribution is 2.42. The van der Waals surface area contributed by atoms with Crippen LogP contribution in [-0.4, -0.2) is 30.4 Å². The van der Waals surface area contributed by atoms with Gasteiger partial charge in [0.2, 0.25) is 0 Å². The van der Waals surface area contributed by atoms with E-state index in [9.17, 15) is 18.0 Å². The van der Waals surface area contributed by atoms with Crippen molar-refractivity contribution in [3.63, 3.8) is 0 Å². The number of amides is 1. The van der Waals surface area contributed by atoms with Crippen LogP contribution in [0.1, 0.15) is 36.8 Å². The van der Waals surface area contributed by atoms with E-state index in [2.05, 4.69) is 16.2 Å². The van der Waals surface area contributed by atoms with Gasteiger partial charge in [0.25, 0.3) is 5.91 Å². The number of hydrogen-bond donors (Lipinski definition) is 3. The molecule has 1 heterocycles. The molecule has 2 aliphatic rings. The molecule has 25 heavy (non-hydrogen) atoms. The third-order valence-electron chi connectivity index (χ3n) is 5.20. The summed E-state index contributed by atoms with van der Waals surface area (Å²) in [7, 11) is 0. The van der Waals surface area contributed by atoms with Gasteiger partial charge in [0.05, 0.1) is 5.56 Å². The summed E-state index contributed by atoms with van der Waals surface area (Å²) in [5.74, 6) is -0.301. The Hall–Kier alpha value is -1.31. The average molecular weight is 376 g/mol. The van der Waals surface area contributed by atoms with Crippen LogP contribution in [0.3, 0.4) is 0 Å². The first kappa shape index (κ1) is 18.5. The molecule has 3 rings (SSSR count). The van der Waals surface area contributed by atoms with Crippen molar-refractivity contribution in [1.29, 1.82) is 0 Å². The van der Waals surface area contributed by atoms with Crippen molar-refractivity contribution in [2.75, 3.05) is 13.1 Å².